The number of nitrogens with two attached hydrogens (primary N) is 2. The molecule has 1 fully saturated rings. The first kappa shape index (κ1) is 11.9. The summed E-state index contributed by atoms with van der Waals surface area (Å²) in [5, 5.41) is 0. The summed E-state index contributed by atoms with van der Waals surface area (Å²) >= 11 is 0. The maximum atomic E-state index is 5.77. The predicted molar refractivity (Wildman–Crippen MR) is 56.1 cm³/mol. The molecule has 0 spiro atoms. The highest BCUT2D eigenvalue weighted by Crippen LogP contribution is 2.28. The second kappa shape index (κ2) is 5.66. The van der Waals surface area contributed by atoms with E-state index in [0.717, 1.165) is 19.3 Å². The van der Waals surface area contributed by atoms with Crippen LogP contribution in [0, 0.1) is 0 Å². The summed E-state index contributed by atoms with van der Waals surface area (Å²) in [5.41, 5.74) is 10.9. The van der Waals surface area contributed by atoms with Gasteiger partial charge in [0.15, 0.2) is 0 Å². The Hall–Kier alpha value is -0.160. The highest BCUT2D eigenvalue weighted by Gasteiger charge is 2.37. The molecule has 4 nitrogen and oxygen atoms in total. The van der Waals surface area contributed by atoms with Crippen LogP contribution in [0.2, 0.25) is 0 Å². The zero-order valence-electron chi connectivity index (χ0n) is 9.00. The average molecular weight is 202 g/mol. The molecule has 0 radical (unpaired) electrons. The molecule has 4 heteroatoms. The first-order valence-electron chi connectivity index (χ1n) is 5.38. The monoisotopic (exact) mass is 202 g/mol. The third kappa shape index (κ3) is 2.92. The van der Waals surface area contributed by atoms with Gasteiger partial charge in [-0.1, -0.05) is 0 Å². The van der Waals surface area contributed by atoms with Crippen molar-refractivity contribution in [3.05, 3.63) is 0 Å². The van der Waals surface area contributed by atoms with Gasteiger partial charge in [-0.3, -0.25) is 0 Å². The molecule has 84 valence electrons. The standard InChI is InChI=1S/C10H22N2O2/c1-10(4-6-12)9(3-2-5-11)13-7-8-14-10/h9H,2-8,11-12H2,1H3. The van der Waals surface area contributed by atoms with Crippen LogP contribution in [0.3, 0.4) is 0 Å². The Kier molecular flexibility index (Phi) is 4.81. The van der Waals surface area contributed by atoms with Crippen LogP contribution in [0.15, 0.2) is 0 Å². The van der Waals surface area contributed by atoms with Gasteiger partial charge >= 0.3 is 0 Å². The van der Waals surface area contributed by atoms with Crippen LogP contribution in [-0.2, 0) is 9.47 Å². The van der Waals surface area contributed by atoms with Crippen LogP contribution in [0.25, 0.3) is 0 Å². The normalized spacial score (nSPS) is 33.2. The molecular weight excluding hydrogens is 180 g/mol. The molecule has 4 N–H and O–H groups in total. The van der Waals surface area contributed by atoms with E-state index >= 15 is 0 Å². The van der Waals surface area contributed by atoms with E-state index in [2.05, 4.69) is 6.92 Å². The molecule has 1 aliphatic heterocycles. The van der Waals surface area contributed by atoms with E-state index in [1.165, 1.54) is 0 Å². The van der Waals surface area contributed by atoms with Crippen molar-refractivity contribution in [1.29, 1.82) is 0 Å². The lowest BCUT2D eigenvalue weighted by molar-refractivity contribution is -0.198. The highest BCUT2D eigenvalue weighted by molar-refractivity contribution is 4.87. The summed E-state index contributed by atoms with van der Waals surface area (Å²) in [7, 11) is 0. The van der Waals surface area contributed by atoms with Gasteiger partial charge in [0.05, 0.1) is 24.9 Å². The fourth-order valence-electron chi connectivity index (χ4n) is 1.95. The summed E-state index contributed by atoms with van der Waals surface area (Å²) in [6.45, 7) is 4.79. The van der Waals surface area contributed by atoms with Gasteiger partial charge in [0.25, 0.3) is 0 Å². The molecule has 2 atom stereocenters. The van der Waals surface area contributed by atoms with E-state index in [1.54, 1.807) is 0 Å². The SMILES string of the molecule is CC1(CCN)OCCOC1CCCN. The van der Waals surface area contributed by atoms with Gasteiger partial charge in [-0.25, -0.2) is 0 Å². The van der Waals surface area contributed by atoms with E-state index in [4.69, 9.17) is 20.9 Å². The molecule has 0 saturated carbocycles. The van der Waals surface area contributed by atoms with E-state index in [1.807, 2.05) is 0 Å². The molecule has 0 amide bonds. The molecule has 1 heterocycles. The maximum Gasteiger partial charge on any atom is 0.0928 e. The van der Waals surface area contributed by atoms with Crippen molar-refractivity contribution < 1.29 is 9.47 Å². The van der Waals surface area contributed by atoms with Crippen LogP contribution in [0.4, 0.5) is 0 Å². The van der Waals surface area contributed by atoms with Gasteiger partial charge in [0, 0.05) is 0 Å². The topological polar surface area (TPSA) is 70.5 Å². The summed E-state index contributed by atoms with van der Waals surface area (Å²) in [6, 6.07) is 0. The van der Waals surface area contributed by atoms with Crippen molar-refractivity contribution in [2.24, 2.45) is 11.5 Å². The Morgan fingerprint density at radius 1 is 1.29 bits per heavy atom. The molecule has 0 aromatic rings. The third-order valence-corrected chi connectivity index (χ3v) is 2.83. The Labute approximate surface area is 85.9 Å². The van der Waals surface area contributed by atoms with E-state index in [9.17, 15) is 0 Å². The van der Waals surface area contributed by atoms with Crippen molar-refractivity contribution >= 4 is 0 Å². The first-order chi connectivity index (χ1) is 6.73. The van der Waals surface area contributed by atoms with Gasteiger partial charge in [-0.2, -0.15) is 0 Å². The Morgan fingerprint density at radius 2 is 2.07 bits per heavy atom. The minimum Gasteiger partial charge on any atom is -0.373 e. The summed E-state index contributed by atoms with van der Waals surface area (Å²) in [5.74, 6) is 0. The van der Waals surface area contributed by atoms with Gasteiger partial charge in [0.2, 0.25) is 0 Å². The van der Waals surface area contributed by atoms with Crippen LogP contribution < -0.4 is 11.5 Å². The lowest BCUT2D eigenvalue weighted by Crippen LogP contribution is -2.50. The molecule has 14 heavy (non-hydrogen) atoms. The first-order valence-corrected chi connectivity index (χ1v) is 5.38. The second-order valence-corrected chi connectivity index (χ2v) is 3.99. The van der Waals surface area contributed by atoms with Crippen LogP contribution in [0.5, 0.6) is 0 Å². The maximum absolute atomic E-state index is 5.77. The molecule has 0 aromatic heterocycles. The quantitative estimate of drug-likeness (QED) is 0.670. The number of rotatable bonds is 5. The Balaban J connectivity index is 2.48. The smallest absolute Gasteiger partial charge is 0.0928 e. The van der Waals surface area contributed by atoms with E-state index in [-0.39, 0.29) is 11.7 Å². The van der Waals surface area contributed by atoms with Crippen molar-refractivity contribution in [1.82, 2.24) is 0 Å². The molecule has 2 unspecified atom stereocenters. The van der Waals surface area contributed by atoms with Gasteiger partial charge in [0.1, 0.15) is 0 Å². The fourth-order valence-corrected chi connectivity index (χ4v) is 1.95. The number of ether oxygens (including phenoxy) is 2. The van der Waals surface area contributed by atoms with Crippen LogP contribution in [-0.4, -0.2) is 38.0 Å². The summed E-state index contributed by atoms with van der Waals surface area (Å²) in [4.78, 5) is 0. The molecule has 0 bridgehead atoms. The molecule has 1 aliphatic rings. The molecule has 1 rings (SSSR count). The average Bonchev–Trinajstić information content (AvgIpc) is 2.17. The van der Waals surface area contributed by atoms with Gasteiger partial charge in [-0.15, -0.1) is 0 Å². The van der Waals surface area contributed by atoms with Gasteiger partial charge in [-0.05, 0) is 39.3 Å². The molecule has 0 aromatic carbocycles. The predicted octanol–water partition coefficient (Wildman–Crippen LogP) is 0.248. The van der Waals surface area contributed by atoms with Crippen molar-refractivity contribution in [3.8, 4) is 0 Å². The van der Waals surface area contributed by atoms with Crippen LogP contribution >= 0.6 is 0 Å². The molecule has 0 aliphatic carbocycles. The number of hydrogen-bond acceptors (Lipinski definition) is 4. The highest BCUT2D eigenvalue weighted by atomic mass is 16.6. The zero-order valence-corrected chi connectivity index (χ0v) is 9.00. The van der Waals surface area contributed by atoms with Crippen molar-refractivity contribution in [3.63, 3.8) is 0 Å². The van der Waals surface area contributed by atoms with Crippen molar-refractivity contribution in [2.75, 3.05) is 26.3 Å². The largest absolute Gasteiger partial charge is 0.373 e. The number of hydrogen-bond donors (Lipinski definition) is 2. The van der Waals surface area contributed by atoms with Crippen LogP contribution in [0.1, 0.15) is 26.2 Å². The lowest BCUT2D eigenvalue weighted by atomic mass is 9.90. The van der Waals surface area contributed by atoms with Gasteiger partial charge < -0.3 is 20.9 Å². The fraction of sp³-hybridized carbons (Fsp3) is 1.00. The van der Waals surface area contributed by atoms with Crippen molar-refractivity contribution in [2.45, 2.75) is 37.9 Å². The Bertz CT molecular complexity index is 162. The Morgan fingerprint density at radius 3 is 2.71 bits per heavy atom. The van der Waals surface area contributed by atoms with E-state index < -0.39 is 0 Å². The minimum atomic E-state index is -0.206. The zero-order chi connectivity index (χ0) is 10.4. The summed E-state index contributed by atoms with van der Waals surface area (Å²) in [6.07, 6.45) is 2.95. The minimum absolute atomic E-state index is 0.156. The lowest BCUT2D eigenvalue weighted by Gasteiger charge is -2.41. The molecule has 1 saturated heterocycles. The second-order valence-electron chi connectivity index (χ2n) is 3.99. The summed E-state index contributed by atoms with van der Waals surface area (Å²) < 4.78 is 11.5. The van der Waals surface area contributed by atoms with E-state index in [0.29, 0.717) is 26.3 Å². The third-order valence-electron chi connectivity index (χ3n) is 2.83. The molecular formula is C10H22N2O2.